The lowest BCUT2D eigenvalue weighted by molar-refractivity contribution is 0.103. The first kappa shape index (κ1) is 15.5. The number of halogens is 4. The van der Waals surface area contributed by atoms with E-state index in [2.05, 4.69) is 69.0 Å². The first-order valence-corrected chi connectivity index (χ1v) is 8.88. The quantitative estimate of drug-likeness (QED) is 0.492. The van der Waals surface area contributed by atoms with Crippen LogP contribution in [0.3, 0.4) is 0 Å². The molecule has 0 spiro atoms. The van der Waals surface area contributed by atoms with Crippen LogP contribution in [-0.4, -0.2) is 5.91 Å². The molecular formula is C11H6Br4N2OS. The SMILES string of the molecule is Nc1cc(Br)cc(Br)c1NC(=O)c1cc(Br)c(Br)s1. The summed E-state index contributed by atoms with van der Waals surface area (Å²) >= 11 is 14.8. The molecule has 0 aliphatic heterocycles. The number of anilines is 2. The zero-order valence-corrected chi connectivity index (χ0v) is 16.3. The minimum atomic E-state index is -0.203. The monoisotopic (exact) mass is 530 g/mol. The number of benzene rings is 1. The Kier molecular flexibility index (Phi) is 5.10. The van der Waals surface area contributed by atoms with E-state index < -0.39 is 0 Å². The Balaban J connectivity index is 2.29. The summed E-state index contributed by atoms with van der Waals surface area (Å²) < 4.78 is 3.30. The van der Waals surface area contributed by atoms with Crippen molar-refractivity contribution in [3.8, 4) is 0 Å². The number of thiophene rings is 1. The minimum Gasteiger partial charge on any atom is -0.397 e. The number of rotatable bonds is 2. The van der Waals surface area contributed by atoms with Crippen LogP contribution in [0.1, 0.15) is 9.67 Å². The number of nitrogens with one attached hydrogen (secondary N) is 1. The van der Waals surface area contributed by atoms with E-state index in [4.69, 9.17) is 5.73 Å². The van der Waals surface area contributed by atoms with Crippen molar-refractivity contribution in [2.45, 2.75) is 0 Å². The molecule has 0 unspecified atom stereocenters. The molecule has 0 aliphatic carbocycles. The van der Waals surface area contributed by atoms with Crippen molar-refractivity contribution in [3.63, 3.8) is 0 Å². The lowest BCUT2D eigenvalue weighted by Crippen LogP contribution is -2.12. The normalized spacial score (nSPS) is 10.5. The Morgan fingerprint density at radius 2 is 1.79 bits per heavy atom. The fourth-order valence-electron chi connectivity index (χ4n) is 1.36. The molecule has 0 atom stereocenters. The van der Waals surface area contributed by atoms with Crippen LogP contribution < -0.4 is 11.1 Å². The van der Waals surface area contributed by atoms with E-state index in [1.54, 1.807) is 12.1 Å². The maximum Gasteiger partial charge on any atom is 0.265 e. The highest BCUT2D eigenvalue weighted by Gasteiger charge is 2.15. The Morgan fingerprint density at radius 1 is 1.11 bits per heavy atom. The molecule has 19 heavy (non-hydrogen) atoms. The molecule has 8 heteroatoms. The van der Waals surface area contributed by atoms with Gasteiger partial charge in [-0.3, -0.25) is 4.79 Å². The van der Waals surface area contributed by atoms with Gasteiger partial charge in [0.1, 0.15) is 0 Å². The predicted octanol–water partition coefficient (Wildman–Crippen LogP) is 5.63. The van der Waals surface area contributed by atoms with Crippen molar-refractivity contribution >= 4 is 92.3 Å². The first-order chi connectivity index (χ1) is 8.88. The Labute approximate surface area is 147 Å². The molecule has 0 aliphatic rings. The van der Waals surface area contributed by atoms with E-state index in [0.717, 1.165) is 17.2 Å². The third-order valence-corrected chi connectivity index (χ3v) is 6.53. The molecular weight excluding hydrogens is 528 g/mol. The maximum absolute atomic E-state index is 12.1. The molecule has 100 valence electrons. The Hall–Kier alpha value is 0.110. The van der Waals surface area contributed by atoms with Gasteiger partial charge < -0.3 is 11.1 Å². The number of carbonyl (C=O) groups excluding carboxylic acids is 1. The van der Waals surface area contributed by atoms with Crippen LogP contribution in [0.2, 0.25) is 0 Å². The van der Waals surface area contributed by atoms with E-state index >= 15 is 0 Å². The molecule has 0 bridgehead atoms. The van der Waals surface area contributed by atoms with Gasteiger partial charge in [0, 0.05) is 13.4 Å². The van der Waals surface area contributed by atoms with Gasteiger partial charge in [-0.15, -0.1) is 11.3 Å². The van der Waals surface area contributed by atoms with Crippen LogP contribution in [0.15, 0.2) is 35.4 Å². The molecule has 1 aromatic carbocycles. The number of amides is 1. The minimum absolute atomic E-state index is 0.203. The summed E-state index contributed by atoms with van der Waals surface area (Å²) in [6.45, 7) is 0. The van der Waals surface area contributed by atoms with Gasteiger partial charge in [-0.1, -0.05) is 15.9 Å². The summed E-state index contributed by atoms with van der Waals surface area (Å²) in [5.41, 5.74) is 6.95. The van der Waals surface area contributed by atoms with Crippen molar-refractivity contribution in [1.82, 2.24) is 0 Å². The van der Waals surface area contributed by atoms with Gasteiger partial charge in [0.05, 0.1) is 20.0 Å². The van der Waals surface area contributed by atoms with Crippen LogP contribution >= 0.6 is 75.1 Å². The van der Waals surface area contributed by atoms with Gasteiger partial charge in [0.2, 0.25) is 0 Å². The van der Waals surface area contributed by atoms with E-state index in [1.807, 2.05) is 6.07 Å². The van der Waals surface area contributed by atoms with Crippen LogP contribution in [0.4, 0.5) is 11.4 Å². The molecule has 3 nitrogen and oxygen atoms in total. The summed E-state index contributed by atoms with van der Waals surface area (Å²) in [6, 6.07) is 5.32. The van der Waals surface area contributed by atoms with Crippen LogP contribution in [0.5, 0.6) is 0 Å². The van der Waals surface area contributed by atoms with Gasteiger partial charge in [-0.2, -0.15) is 0 Å². The van der Waals surface area contributed by atoms with Gasteiger partial charge in [0.15, 0.2) is 0 Å². The van der Waals surface area contributed by atoms with Crippen LogP contribution in [0, 0.1) is 0 Å². The second-order valence-electron chi connectivity index (χ2n) is 3.54. The predicted molar refractivity (Wildman–Crippen MR) is 93.9 cm³/mol. The van der Waals surface area contributed by atoms with Gasteiger partial charge in [-0.25, -0.2) is 0 Å². The molecule has 2 aromatic rings. The largest absolute Gasteiger partial charge is 0.397 e. The topological polar surface area (TPSA) is 55.1 Å². The molecule has 0 saturated heterocycles. The van der Waals surface area contributed by atoms with E-state index in [0.29, 0.717) is 16.3 Å². The standard InChI is InChI=1S/C11H6Br4N2OS/c12-4-1-5(13)9(7(16)2-4)17-11(18)8-3-6(14)10(15)19-8/h1-3H,16H2,(H,17,18). The Morgan fingerprint density at radius 3 is 2.32 bits per heavy atom. The average molecular weight is 534 g/mol. The molecule has 0 saturated carbocycles. The lowest BCUT2D eigenvalue weighted by atomic mass is 10.2. The summed E-state index contributed by atoms with van der Waals surface area (Å²) in [5, 5.41) is 2.80. The van der Waals surface area contributed by atoms with Crippen LogP contribution in [-0.2, 0) is 0 Å². The second-order valence-corrected chi connectivity index (χ2v) is 8.53. The number of nitrogen functional groups attached to an aromatic ring is 1. The zero-order valence-electron chi connectivity index (χ0n) is 9.14. The lowest BCUT2D eigenvalue weighted by Gasteiger charge is -2.10. The molecule has 0 fully saturated rings. The molecule has 1 aromatic heterocycles. The smallest absolute Gasteiger partial charge is 0.265 e. The molecule has 0 radical (unpaired) electrons. The first-order valence-electron chi connectivity index (χ1n) is 4.89. The van der Waals surface area contributed by atoms with Gasteiger partial charge in [0.25, 0.3) is 5.91 Å². The fraction of sp³-hybridized carbons (Fsp3) is 0. The van der Waals surface area contributed by atoms with Gasteiger partial charge >= 0.3 is 0 Å². The maximum atomic E-state index is 12.1. The van der Waals surface area contributed by atoms with Crippen molar-refractivity contribution in [3.05, 3.63) is 40.3 Å². The highest BCUT2D eigenvalue weighted by molar-refractivity contribution is 9.13. The number of hydrogen-bond donors (Lipinski definition) is 2. The highest BCUT2D eigenvalue weighted by Crippen LogP contribution is 2.35. The molecule has 2 rings (SSSR count). The van der Waals surface area contributed by atoms with Gasteiger partial charge in [-0.05, 0) is 66.0 Å². The average Bonchev–Trinajstić information content (AvgIpc) is 2.64. The van der Waals surface area contributed by atoms with Crippen LogP contribution in [0.25, 0.3) is 0 Å². The Bertz CT molecular complexity index is 614. The number of hydrogen-bond acceptors (Lipinski definition) is 3. The fourth-order valence-corrected chi connectivity index (χ4v) is 4.65. The third kappa shape index (κ3) is 3.60. The van der Waals surface area contributed by atoms with Crippen molar-refractivity contribution < 1.29 is 4.79 Å². The summed E-state index contributed by atoms with van der Waals surface area (Å²) in [4.78, 5) is 12.7. The summed E-state index contributed by atoms with van der Waals surface area (Å²) in [6.07, 6.45) is 0. The molecule has 1 heterocycles. The molecule has 1 amide bonds. The number of nitrogens with two attached hydrogens (primary N) is 1. The summed E-state index contributed by atoms with van der Waals surface area (Å²) in [5.74, 6) is -0.203. The van der Waals surface area contributed by atoms with Crippen molar-refractivity contribution in [2.75, 3.05) is 11.1 Å². The van der Waals surface area contributed by atoms with Crippen molar-refractivity contribution in [1.29, 1.82) is 0 Å². The molecule has 3 N–H and O–H groups in total. The summed E-state index contributed by atoms with van der Waals surface area (Å²) in [7, 11) is 0. The highest BCUT2D eigenvalue weighted by atomic mass is 79.9. The number of carbonyl (C=O) groups is 1. The third-order valence-electron chi connectivity index (χ3n) is 2.19. The second kappa shape index (κ2) is 6.26. The van der Waals surface area contributed by atoms with E-state index in [9.17, 15) is 4.79 Å². The van der Waals surface area contributed by atoms with E-state index in [1.165, 1.54) is 11.3 Å². The van der Waals surface area contributed by atoms with E-state index in [-0.39, 0.29) is 5.91 Å². The van der Waals surface area contributed by atoms with Crippen molar-refractivity contribution in [2.24, 2.45) is 0 Å². The zero-order chi connectivity index (χ0) is 14.2.